The predicted molar refractivity (Wildman–Crippen MR) is 110 cm³/mol. The molecular formula is C23H34N2O3. The highest BCUT2D eigenvalue weighted by atomic mass is 16.3. The number of aryl methyl sites for hydroxylation is 1. The van der Waals surface area contributed by atoms with Gasteiger partial charge in [-0.3, -0.25) is 9.59 Å². The van der Waals surface area contributed by atoms with Crippen molar-refractivity contribution in [3.63, 3.8) is 0 Å². The summed E-state index contributed by atoms with van der Waals surface area (Å²) < 4.78 is 0. The van der Waals surface area contributed by atoms with Gasteiger partial charge in [0.15, 0.2) is 0 Å². The van der Waals surface area contributed by atoms with E-state index < -0.39 is 0 Å². The average Bonchev–Trinajstić information content (AvgIpc) is 2.74. The summed E-state index contributed by atoms with van der Waals surface area (Å²) in [6, 6.07) is 7.51. The molecule has 154 valence electrons. The molecule has 1 aromatic carbocycles. The van der Waals surface area contributed by atoms with Crippen molar-refractivity contribution in [1.82, 2.24) is 10.2 Å². The van der Waals surface area contributed by atoms with Crippen LogP contribution in [0.1, 0.15) is 67.3 Å². The van der Waals surface area contributed by atoms with Gasteiger partial charge in [0.2, 0.25) is 5.91 Å². The van der Waals surface area contributed by atoms with E-state index in [-0.39, 0.29) is 30.4 Å². The largest absolute Gasteiger partial charge is 0.394 e. The van der Waals surface area contributed by atoms with E-state index in [1.165, 1.54) is 32.1 Å². The lowest BCUT2D eigenvalue weighted by Gasteiger charge is -2.33. The van der Waals surface area contributed by atoms with Crippen molar-refractivity contribution in [2.45, 2.75) is 64.3 Å². The number of carbonyl (C=O) groups is 2. The lowest BCUT2D eigenvalue weighted by molar-refractivity contribution is -0.127. The highest BCUT2D eigenvalue weighted by Gasteiger charge is 2.29. The molecule has 1 saturated carbocycles. The summed E-state index contributed by atoms with van der Waals surface area (Å²) in [6.07, 6.45) is 8.53. The van der Waals surface area contributed by atoms with Crippen molar-refractivity contribution < 1.29 is 14.7 Å². The molecule has 3 rings (SSSR count). The van der Waals surface area contributed by atoms with Crippen LogP contribution in [0, 0.1) is 18.8 Å². The van der Waals surface area contributed by atoms with Crippen LogP contribution in [0.3, 0.4) is 0 Å². The Morgan fingerprint density at radius 2 is 1.71 bits per heavy atom. The quantitative estimate of drug-likeness (QED) is 0.788. The number of carbonyl (C=O) groups excluding carboxylic acids is 2. The van der Waals surface area contributed by atoms with E-state index in [1.807, 2.05) is 36.1 Å². The topological polar surface area (TPSA) is 69.6 Å². The fourth-order valence-corrected chi connectivity index (χ4v) is 4.55. The van der Waals surface area contributed by atoms with Gasteiger partial charge in [0.05, 0.1) is 12.6 Å². The monoisotopic (exact) mass is 386 g/mol. The van der Waals surface area contributed by atoms with Crippen molar-refractivity contribution in [2.24, 2.45) is 11.8 Å². The van der Waals surface area contributed by atoms with E-state index in [4.69, 9.17) is 0 Å². The number of nitrogens with zero attached hydrogens (tertiary/aromatic N) is 1. The molecule has 1 saturated heterocycles. The van der Waals surface area contributed by atoms with Crippen LogP contribution in [-0.2, 0) is 4.79 Å². The molecule has 2 fully saturated rings. The van der Waals surface area contributed by atoms with Gasteiger partial charge in [0.1, 0.15) is 0 Å². The molecule has 2 aliphatic rings. The van der Waals surface area contributed by atoms with Crippen LogP contribution in [0.5, 0.6) is 0 Å². The van der Waals surface area contributed by atoms with Gasteiger partial charge in [-0.05, 0) is 44.2 Å². The van der Waals surface area contributed by atoms with E-state index in [2.05, 4.69) is 5.32 Å². The van der Waals surface area contributed by atoms with E-state index in [9.17, 15) is 14.7 Å². The van der Waals surface area contributed by atoms with Gasteiger partial charge < -0.3 is 15.3 Å². The fraction of sp³-hybridized carbons (Fsp3) is 0.652. The smallest absolute Gasteiger partial charge is 0.253 e. The standard InChI is InChI=1S/C23H34N2O3/c1-17-7-9-20(10-8-17)23(28)25-13-11-19(12-14-25)22(27)24-21(16-26)15-18-5-3-2-4-6-18/h7-10,18-19,21,26H,2-6,11-16H2,1H3,(H,24,27). The lowest BCUT2D eigenvalue weighted by atomic mass is 9.84. The number of hydrogen-bond acceptors (Lipinski definition) is 3. The fourth-order valence-electron chi connectivity index (χ4n) is 4.55. The second kappa shape index (κ2) is 10.1. The maximum Gasteiger partial charge on any atom is 0.253 e. The third-order valence-corrected chi connectivity index (χ3v) is 6.36. The Hall–Kier alpha value is -1.88. The van der Waals surface area contributed by atoms with Crippen molar-refractivity contribution >= 4 is 11.8 Å². The second-order valence-electron chi connectivity index (χ2n) is 8.56. The minimum atomic E-state index is -0.136. The summed E-state index contributed by atoms with van der Waals surface area (Å²) in [5, 5.41) is 12.8. The van der Waals surface area contributed by atoms with Crippen LogP contribution in [0.4, 0.5) is 0 Å². The number of piperidine rings is 1. The van der Waals surface area contributed by atoms with Crippen molar-refractivity contribution in [2.75, 3.05) is 19.7 Å². The predicted octanol–water partition coefficient (Wildman–Crippen LogP) is 3.29. The minimum Gasteiger partial charge on any atom is -0.394 e. The number of amides is 2. The van der Waals surface area contributed by atoms with Crippen molar-refractivity contribution in [1.29, 1.82) is 0 Å². The molecule has 1 atom stereocenters. The molecule has 0 bridgehead atoms. The molecule has 1 aliphatic heterocycles. The molecule has 0 aromatic heterocycles. The molecule has 1 heterocycles. The average molecular weight is 387 g/mol. The molecule has 2 N–H and O–H groups in total. The molecule has 28 heavy (non-hydrogen) atoms. The van der Waals surface area contributed by atoms with Crippen LogP contribution < -0.4 is 5.32 Å². The Balaban J connectivity index is 1.46. The van der Waals surface area contributed by atoms with Crippen LogP contribution in [0.25, 0.3) is 0 Å². The van der Waals surface area contributed by atoms with Crippen LogP contribution >= 0.6 is 0 Å². The Morgan fingerprint density at radius 1 is 1.07 bits per heavy atom. The molecule has 5 nitrogen and oxygen atoms in total. The third kappa shape index (κ3) is 5.57. The second-order valence-corrected chi connectivity index (χ2v) is 8.56. The first-order valence-electron chi connectivity index (χ1n) is 10.8. The first-order chi connectivity index (χ1) is 13.6. The van der Waals surface area contributed by atoms with Gasteiger partial charge in [-0.25, -0.2) is 0 Å². The molecule has 1 aliphatic carbocycles. The van der Waals surface area contributed by atoms with Gasteiger partial charge in [0.25, 0.3) is 5.91 Å². The molecule has 0 spiro atoms. The van der Waals surface area contributed by atoms with Crippen LogP contribution in [0.2, 0.25) is 0 Å². The molecule has 1 unspecified atom stereocenters. The number of likely N-dealkylation sites (tertiary alicyclic amines) is 1. The summed E-state index contributed by atoms with van der Waals surface area (Å²) in [5.41, 5.74) is 1.85. The first-order valence-corrected chi connectivity index (χ1v) is 10.8. The van der Waals surface area contributed by atoms with E-state index in [0.717, 1.165) is 12.0 Å². The Kier molecular flexibility index (Phi) is 7.49. The van der Waals surface area contributed by atoms with E-state index in [1.54, 1.807) is 0 Å². The summed E-state index contributed by atoms with van der Waals surface area (Å²) in [7, 11) is 0. The lowest BCUT2D eigenvalue weighted by Crippen LogP contribution is -2.46. The molecular weight excluding hydrogens is 352 g/mol. The summed E-state index contributed by atoms with van der Waals surface area (Å²) >= 11 is 0. The SMILES string of the molecule is Cc1ccc(C(=O)N2CCC(C(=O)NC(CO)CC3CCCCC3)CC2)cc1. The zero-order chi connectivity index (χ0) is 19.9. The van der Waals surface area contributed by atoms with Gasteiger partial charge in [-0.2, -0.15) is 0 Å². The number of nitrogens with one attached hydrogen (secondary N) is 1. The molecule has 1 aromatic rings. The Morgan fingerprint density at radius 3 is 2.32 bits per heavy atom. The van der Waals surface area contributed by atoms with E-state index >= 15 is 0 Å². The highest BCUT2D eigenvalue weighted by molar-refractivity contribution is 5.94. The van der Waals surface area contributed by atoms with Crippen molar-refractivity contribution in [3.05, 3.63) is 35.4 Å². The highest BCUT2D eigenvalue weighted by Crippen LogP contribution is 2.27. The van der Waals surface area contributed by atoms with Crippen molar-refractivity contribution in [3.8, 4) is 0 Å². The Bertz CT molecular complexity index is 644. The van der Waals surface area contributed by atoms with Crippen LogP contribution in [-0.4, -0.2) is 47.6 Å². The first kappa shape index (κ1) is 20.8. The number of hydrogen-bond donors (Lipinski definition) is 2. The zero-order valence-corrected chi connectivity index (χ0v) is 17.0. The zero-order valence-electron chi connectivity index (χ0n) is 17.0. The molecule has 0 radical (unpaired) electrons. The Labute approximate surface area is 168 Å². The molecule has 2 amide bonds. The molecule has 5 heteroatoms. The number of aliphatic hydroxyl groups is 1. The summed E-state index contributed by atoms with van der Waals surface area (Å²) in [4.78, 5) is 27.1. The summed E-state index contributed by atoms with van der Waals surface area (Å²) in [6.45, 7) is 3.23. The van der Waals surface area contributed by atoms with E-state index in [0.29, 0.717) is 37.4 Å². The van der Waals surface area contributed by atoms with Gasteiger partial charge in [-0.15, -0.1) is 0 Å². The summed E-state index contributed by atoms with van der Waals surface area (Å²) in [5.74, 6) is 0.643. The number of aliphatic hydroxyl groups excluding tert-OH is 1. The number of rotatable bonds is 6. The maximum absolute atomic E-state index is 12.7. The number of benzene rings is 1. The third-order valence-electron chi connectivity index (χ3n) is 6.36. The minimum absolute atomic E-state index is 0.00694. The van der Waals surface area contributed by atoms with Gasteiger partial charge in [0, 0.05) is 24.6 Å². The maximum atomic E-state index is 12.7. The van der Waals surface area contributed by atoms with Crippen LogP contribution in [0.15, 0.2) is 24.3 Å². The normalized spacial score (nSPS) is 20.0. The van der Waals surface area contributed by atoms with Gasteiger partial charge >= 0.3 is 0 Å². The van der Waals surface area contributed by atoms with Gasteiger partial charge in [-0.1, -0.05) is 49.8 Å².